The maximum absolute atomic E-state index is 12.4. The molecule has 1 rings (SSSR count). The summed E-state index contributed by atoms with van der Waals surface area (Å²) >= 11 is 0. The van der Waals surface area contributed by atoms with E-state index in [4.69, 9.17) is 0 Å². The van der Waals surface area contributed by atoms with Gasteiger partial charge in [-0.25, -0.2) is 0 Å². The molecule has 6 nitrogen and oxygen atoms in total. The minimum atomic E-state index is -0.0896. The molecule has 50 heavy (non-hydrogen) atoms. The SMILES string of the molecule is CCCCC(O)CCCCCCCCCCCCC(=O)NCc1cccc(CNC(=O)CCCCCCCCCCCCC(O)CCCC)c1. The van der Waals surface area contributed by atoms with Gasteiger partial charge < -0.3 is 20.8 Å². The largest absolute Gasteiger partial charge is 0.393 e. The summed E-state index contributed by atoms with van der Waals surface area (Å²) in [5, 5.41) is 26.0. The van der Waals surface area contributed by atoms with Gasteiger partial charge in [0.25, 0.3) is 0 Å². The van der Waals surface area contributed by atoms with Gasteiger partial charge in [-0.1, -0.05) is 179 Å². The second-order valence-corrected chi connectivity index (χ2v) is 15.1. The van der Waals surface area contributed by atoms with Crippen LogP contribution in [-0.2, 0) is 22.7 Å². The Hall–Kier alpha value is -1.92. The van der Waals surface area contributed by atoms with E-state index in [0.29, 0.717) is 25.9 Å². The van der Waals surface area contributed by atoms with Crippen molar-refractivity contribution < 1.29 is 19.8 Å². The number of carbonyl (C=O) groups is 2. The fourth-order valence-corrected chi connectivity index (χ4v) is 6.76. The van der Waals surface area contributed by atoms with Crippen LogP contribution >= 0.6 is 0 Å². The average molecular weight is 701 g/mol. The van der Waals surface area contributed by atoms with E-state index in [1.54, 1.807) is 0 Å². The van der Waals surface area contributed by atoms with Crippen molar-refractivity contribution in [1.29, 1.82) is 0 Å². The van der Waals surface area contributed by atoms with E-state index in [1.807, 2.05) is 18.2 Å². The monoisotopic (exact) mass is 701 g/mol. The van der Waals surface area contributed by atoms with Crippen LogP contribution in [0.3, 0.4) is 0 Å². The molecule has 0 aliphatic heterocycles. The minimum Gasteiger partial charge on any atom is -0.393 e. The van der Waals surface area contributed by atoms with Crippen molar-refractivity contribution in [2.24, 2.45) is 0 Å². The van der Waals surface area contributed by atoms with Gasteiger partial charge in [-0.2, -0.15) is 0 Å². The molecule has 1 aromatic carbocycles. The molecule has 0 spiro atoms. The van der Waals surface area contributed by atoms with E-state index in [9.17, 15) is 19.8 Å². The zero-order chi connectivity index (χ0) is 36.3. The number of amides is 2. The molecule has 0 heterocycles. The molecule has 0 aliphatic rings. The molecule has 0 radical (unpaired) electrons. The lowest BCUT2D eigenvalue weighted by Crippen LogP contribution is -2.23. The normalized spacial score (nSPS) is 12.6. The first-order valence-electron chi connectivity index (χ1n) is 21.4. The highest BCUT2D eigenvalue weighted by atomic mass is 16.3. The Labute approximate surface area is 308 Å². The molecule has 2 unspecified atom stereocenters. The number of aliphatic hydroxyl groups is 2. The maximum atomic E-state index is 12.4. The van der Waals surface area contributed by atoms with Gasteiger partial charge in [0.2, 0.25) is 11.8 Å². The van der Waals surface area contributed by atoms with Crippen LogP contribution < -0.4 is 10.6 Å². The first kappa shape index (κ1) is 46.1. The van der Waals surface area contributed by atoms with Gasteiger partial charge in [-0.15, -0.1) is 0 Å². The van der Waals surface area contributed by atoms with Gasteiger partial charge in [-0.05, 0) is 49.7 Å². The lowest BCUT2D eigenvalue weighted by Gasteiger charge is -2.09. The molecule has 0 saturated carbocycles. The molecule has 0 saturated heterocycles. The molecule has 0 bridgehead atoms. The summed E-state index contributed by atoms with van der Waals surface area (Å²) in [5.41, 5.74) is 2.14. The van der Waals surface area contributed by atoms with Crippen LogP contribution in [0.5, 0.6) is 0 Å². The van der Waals surface area contributed by atoms with E-state index in [2.05, 4.69) is 30.5 Å². The number of aliphatic hydroxyl groups excluding tert-OH is 2. The Morgan fingerprint density at radius 2 is 0.780 bits per heavy atom. The number of unbranched alkanes of at least 4 members (excludes halogenated alkanes) is 20. The second-order valence-electron chi connectivity index (χ2n) is 15.1. The van der Waals surface area contributed by atoms with Gasteiger partial charge in [0.05, 0.1) is 12.2 Å². The molecule has 0 fully saturated rings. The van der Waals surface area contributed by atoms with Crippen molar-refractivity contribution in [3.63, 3.8) is 0 Å². The molecule has 0 aliphatic carbocycles. The van der Waals surface area contributed by atoms with Crippen LogP contribution in [0.2, 0.25) is 0 Å². The summed E-state index contributed by atoms with van der Waals surface area (Å²) < 4.78 is 0. The molecular weight excluding hydrogens is 620 g/mol. The summed E-state index contributed by atoms with van der Waals surface area (Å²) in [4.78, 5) is 24.7. The van der Waals surface area contributed by atoms with Crippen molar-refractivity contribution in [3.8, 4) is 0 Å². The third-order valence-corrected chi connectivity index (χ3v) is 10.1. The van der Waals surface area contributed by atoms with Crippen LogP contribution in [0.25, 0.3) is 0 Å². The third-order valence-electron chi connectivity index (χ3n) is 10.1. The summed E-state index contributed by atoms with van der Waals surface area (Å²) in [6.07, 6.45) is 33.7. The number of rotatable bonds is 36. The highest BCUT2D eigenvalue weighted by molar-refractivity contribution is 5.76. The Bertz CT molecular complexity index is 854. The van der Waals surface area contributed by atoms with Crippen LogP contribution in [0.15, 0.2) is 24.3 Å². The van der Waals surface area contributed by atoms with Crippen LogP contribution in [0.4, 0.5) is 0 Å². The lowest BCUT2D eigenvalue weighted by molar-refractivity contribution is -0.122. The number of hydrogen-bond acceptors (Lipinski definition) is 4. The molecule has 6 heteroatoms. The van der Waals surface area contributed by atoms with Gasteiger partial charge in [0, 0.05) is 25.9 Å². The summed E-state index contributed by atoms with van der Waals surface area (Å²) in [7, 11) is 0. The molecule has 4 N–H and O–H groups in total. The average Bonchev–Trinajstić information content (AvgIpc) is 3.12. The van der Waals surface area contributed by atoms with Crippen molar-refractivity contribution in [1.82, 2.24) is 10.6 Å². The molecule has 1 aromatic rings. The fourth-order valence-electron chi connectivity index (χ4n) is 6.76. The predicted molar refractivity (Wildman–Crippen MR) is 212 cm³/mol. The highest BCUT2D eigenvalue weighted by Crippen LogP contribution is 2.16. The van der Waals surface area contributed by atoms with Crippen molar-refractivity contribution in [3.05, 3.63) is 35.4 Å². The third kappa shape index (κ3) is 29.8. The van der Waals surface area contributed by atoms with Gasteiger partial charge >= 0.3 is 0 Å². The van der Waals surface area contributed by atoms with Crippen molar-refractivity contribution in [2.45, 2.75) is 232 Å². The van der Waals surface area contributed by atoms with E-state index >= 15 is 0 Å². The first-order valence-corrected chi connectivity index (χ1v) is 21.4. The number of carbonyl (C=O) groups excluding carboxylic acids is 2. The Morgan fingerprint density at radius 3 is 1.12 bits per heavy atom. The second kappa shape index (κ2) is 34.2. The van der Waals surface area contributed by atoms with Crippen molar-refractivity contribution >= 4 is 11.8 Å². The Morgan fingerprint density at radius 1 is 0.480 bits per heavy atom. The molecule has 2 atom stereocenters. The lowest BCUT2D eigenvalue weighted by atomic mass is 10.0. The highest BCUT2D eigenvalue weighted by Gasteiger charge is 2.06. The van der Waals surface area contributed by atoms with Crippen LogP contribution in [-0.4, -0.2) is 34.2 Å². The first-order chi connectivity index (χ1) is 24.4. The fraction of sp³-hybridized carbons (Fsp3) is 0.818. The number of hydrogen-bond donors (Lipinski definition) is 4. The molecule has 0 aromatic heterocycles. The van der Waals surface area contributed by atoms with Gasteiger partial charge in [-0.3, -0.25) is 9.59 Å². The van der Waals surface area contributed by atoms with Crippen molar-refractivity contribution in [2.75, 3.05) is 0 Å². The summed E-state index contributed by atoms with van der Waals surface area (Å²) in [5.74, 6) is 0.238. The Kier molecular flexibility index (Phi) is 31.5. The molecule has 290 valence electrons. The standard InChI is InChI=1S/C44H80N2O4/c1-3-5-30-41(47)32-23-19-15-11-7-9-13-17-21-25-34-43(49)45-37-39-28-27-29-40(36-39)38-46-44(50)35-26-22-18-14-10-8-12-16-20-24-33-42(48)31-6-4-2/h27-29,36,41-42,47-48H,3-26,30-35,37-38H2,1-2H3,(H,45,49)(H,46,50). The topological polar surface area (TPSA) is 98.7 Å². The van der Waals surface area contributed by atoms with E-state index < -0.39 is 0 Å². The minimum absolute atomic E-state index is 0.0896. The number of benzene rings is 1. The predicted octanol–water partition coefficient (Wildman–Crippen LogP) is 11.4. The Balaban J connectivity index is 1.96. The summed E-state index contributed by atoms with van der Waals surface area (Å²) in [6.45, 7) is 5.41. The van der Waals surface area contributed by atoms with Crippen LogP contribution in [0.1, 0.15) is 218 Å². The quantitative estimate of drug-likeness (QED) is 0.0524. The van der Waals surface area contributed by atoms with Crippen LogP contribution in [0, 0.1) is 0 Å². The van der Waals surface area contributed by atoms with Gasteiger partial charge in [0.15, 0.2) is 0 Å². The molecule has 2 amide bonds. The van der Waals surface area contributed by atoms with E-state index in [0.717, 1.165) is 88.2 Å². The smallest absolute Gasteiger partial charge is 0.220 e. The zero-order valence-corrected chi connectivity index (χ0v) is 32.8. The summed E-state index contributed by atoms with van der Waals surface area (Å²) in [6, 6.07) is 8.14. The number of nitrogens with one attached hydrogen (secondary N) is 2. The molecular formula is C44H80N2O4. The van der Waals surface area contributed by atoms with E-state index in [-0.39, 0.29) is 24.0 Å². The maximum Gasteiger partial charge on any atom is 0.220 e. The van der Waals surface area contributed by atoms with Gasteiger partial charge in [0.1, 0.15) is 0 Å². The zero-order valence-electron chi connectivity index (χ0n) is 32.8. The van der Waals surface area contributed by atoms with E-state index in [1.165, 1.54) is 103 Å².